The maximum Gasteiger partial charge on any atom is 0.264 e. The molecule has 0 radical (unpaired) electrons. The molecule has 7 aromatic rings. The number of para-hydroxylation sites is 2. The van der Waals surface area contributed by atoms with E-state index in [0.717, 1.165) is 54.8 Å². The lowest BCUT2D eigenvalue weighted by molar-refractivity contribution is 1.19. The summed E-state index contributed by atoms with van der Waals surface area (Å²) in [6.45, 7) is 0. The van der Waals surface area contributed by atoms with E-state index >= 15 is 0 Å². The molecule has 0 unspecified atom stereocenters. The van der Waals surface area contributed by atoms with Crippen LogP contribution in [-0.4, -0.2) is 9.38 Å². The van der Waals surface area contributed by atoms with Gasteiger partial charge >= 0.3 is 0 Å². The Bertz CT molecular complexity index is 1870. The highest BCUT2D eigenvalue weighted by atomic mass is 16.1. The Morgan fingerprint density at radius 3 is 2.03 bits per heavy atom. The minimum Gasteiger partial charge on any atom is -0.268 e. The fraction of sp³-hybridized carbons (Fsp3) is 0. The van der Waals surface area contributed by atoms with E-state index in [1.54, 1.807) is 4.40 Å². The minimum absolute atomic E-state index is 0.0285. The molecule has 3 nitrogen and oxygen atoms in total. The first-order valence-electron chi connectivity index (χ1n) is 11.0. The van der Waals surface area contributed by atoms with Gasteiger partial charge in [-0.05, 0) is 58.0 Å². The Hall–Kier alpha value is -4.50. The molecule has 0 aliphatic carbocycles. The molecule has 3 heteroatoms. The van der Waals surface area contributed by atoms with E-state index in [1.807, 2.05) is 66.7 Å². The number of hydrogen-bond donors (Lipinski definition) is 0. The molecule has 0 N–H and O–H groups in total. The van der Waals surface area contributed by atoms with Gasteiger partial charge in [0.15, 0.2) is 0 Å². The van der Waals surface area contributed by atoms with Gasteiger partial charge in [0.05, 0.1) is 11.0 Å². The molecule has 0 bridgehead atoms. The maximum absolute atomic E-state index is 13.9. The number of aromatic nitrogens is 2. The molecule has 154 valence electrons. The van der Waals surface area contributed by atoms with Crippen LogP contribution in [0.1, 0.15) is 0 Å². The number of hydrogen-bond acceptors (Lipinski definition) is 2. The fourth-order valence-corrected chi connectivity index (χ4v) is 5.04. The predicted molar refractivity (Wildman–Crippen MR) is 136 cm³/mol. The summed E-state index contributed by atoms with van der Waals surface area (Å²) in [5.74, 6) is 0. The first-order chi connectivity index (χ1) is 16.3. The highest BCUT2D eigenvalue weighted by molar-refractivity contribution is 6.20. The highest BCUT2D eigenvalue weighted by Gasteiger charge is 2.19. The van der Waals surface area contributed by atoms with E-state index in [4.69, 9.17) is 4.98 Å². The Morgan fingerprint density at radius 2 is 1.24 bits per heavy atom. The molecule has 5 aromatic carbocycles. The van der Waals surface area contributed by atoms with E-state index in [2.05, 4.69) is 42.5 Å². The van der Waals surface area contributed by atoms with Gasteiger partial charge in [-0.3, -0.25) is 9.20 Å². The number of nitrogens with zero attached hydrogens (tertiary/aromatic N) is 2. The van der Waals surface area contributed by atoms with E-state index < -0.39 is 0 Å². The predicted octanol–water partition coefficient (Wildman–Crippen LogP) is 6.93. The van der Waals surface area contributed by atoms with Crippen molar-refractivity contribution < 1.29 is 0 Å². The Morgan fingerprint density at radius 1 is 0.576 bits per heavy atom. The second kappa shape index (κ2) is 6.75. The highest BCUT2D eigenvalue weighted by Crippen LogP contribution is 2.38. The molecule has 0 spiro atoms. The monoisotopic (exact) mass is 422 g/mol. The molecule has 0 fully saturated rings. The Kier molecular flexibility index (Phi) is 3.70. The summed E-state index contributed by atoms with van der Waals surface area (Å²) in [4.78, 5) is 18.8. The van der Waals surface area contributed by atoms with Gasteiger partial charge in [-0.25, -0.2) is 4.98 Å². The Labute approximate surface area is 189 Å². The average molecular weight is 422 g/mol. The summed E-state index contributed by atoms with van der Waals surface area (Å²) < 4.78 is 1.77. The molecule has 0 amide bonds. The number of fused-ring (bicyclic) bond motifs is 4. The van der Waals surface area contributed by atoms with Crippen LogP contribution in [0.3, 0.4) is 0 Å². The van der Waals surface area contributed by atoms with Gasteiger partial charge in [0.2, 0.25) is 0 Å². The summed E-state index contributed by atoms with van der Waals surface area (Å²) in [7, 11) is 0. The number of pyridine rings is 1. The summed E-state index contributed by atoms with van der Waals surface area (Å²) in [6.07, 6.45) is 0. The lowest BCUT2D eigenvalue weighted by Gasteiger charge is -2.14. The van der Waals surface area contributed by atoms with E-state index in [0.29, 0.717) is 5.65 Å². The standard InChI is InChI=1S/C30H18N2O/c33-30-25-18-21(19-9-3-1-4-10-19)17-24-22(20-11-5-2-6-12-20)15-16-23(28(24)25)29-31-26-13-7-8-14-27(26)32(29)30/h1-18H. The lowest BCUT2D eigenvalue weighted by Crippen LogP contribution is -2.13. The van der Waals surface area contributed by atoms with Gasteiger partial charge in [-0.2, -0.15) is 0 Å². The first-order valence-corrected chi connectivity index (χ1v) is 11.0. The number of benzene rings is 5. The van der Waals surface area contributed by atoms with Crippen molar-refractivity contribution in [2.45, 2.75) is 0 Å². The summed E-state index contributed by atoms with van der Waals surface area (Å²) in [5, 5.41) is 3.76. The largest absolute Gasteiger partial charge is 0.268 e. The van der Waals surface area contributed by atoms with Crippen molar-refractivity contribution in [3.05, 3.63) is 120 Å². The van der Waals surface area contributed by atoms with E-state index in [-0.39, 0.29) is 5.56 Å². The molecule has 7 rings (SSSR count). The SMILES string of the molecule is O=c1c2cc(-c3ccccc3)cc3c(-c4ccccc4)ccc(c32)c2nc3ccccc3n12. The quantitative estimate of drug-likeness (QED) is 0.303. The molecule has 0 aliphatic rings. The first kappa shape index (κ1) is 18.1. The zero-order chi connectivity index (χ0) is 21.9. The van der Waals surface area contributed by atoms with Gasteiger partial charge in [0.25, 0.3) is 5.56 Å². The van der Waals surface area contributed by atoms with Gasteiger partial charge in [0, 0.05) is 16.2 Å². The van der Waals surface area contributed by atoms with Crippen molar-refractivity contribution in [1.82, 2.24) is 9.38 Å². The lowest BCUT2D eigenvalue weighted by atomic mass is 9.91. The van der Waals surface area contributed by atoms with E-state index in [9.17, 15) is 4.79 Å². The Balaban J connectivity index is 1.73. The third kappa shape index (κ3) is 2.56. The van der Waals surface area contributed by atoms with E-state index in [1.165, 1.54) is 0 Å². The number of imidazole rings is 1. The molecule has 0 saturated carbocycles. The van der Waals surface area contributed by atoms with Crippen molar-refractivity contribution in [2.24, 2.45) is 0 Å². The van der Waals surface area contributed by atoms with Crippen molar-refractivity contribution in [3.63, 3.8) is 0 Å². The zero-order valence-electron chi connectivity index (χ0n) is 17.7. The van der Waals surface area contributed by atoms with Crippen molar-refractivity contribution in [1.29, 1.82) is 0 Å². The van der Waals surface area contributed by atoms with Crippen LogP contribution in [0.15, 0.2) is 114 Å². The van der Waals surface area contributed by atoms with Crippen LogP contribution in [0.4, 0.5) is 0 Å². The van der Waals surface area contributed by atoms with Crippen LogP contribution in [0.2, 0.25) is 0 Å². The topological polar surface area (TPSA) is 34.4 Å². The van der Waals surface area contributed by atoms with Crippen LogP contribution in [0.5, 0.6) is 0 Å². The van der Waals surface area contributed by atoms with Gasteiger partial charge in [-0.1, -0.05) is 78.9 Å². The number of rotatable bonds is 2. The van der Waals surface area contributed by atoms with Crippen LogP contribution < -0.4 is 5.56 Å². The van der Waals surface area contributed by atoms with Crippen LogP contribution >= 0.6 is 0 Å². The smallest absolute Gasteiger partial charge is 0.264 e. The second-order valence-corrected chi connectivity index (χ2v) is 8.40. The second-order valence-electron chi connectivity index (χ2n) is 8.40. The summed E-state index contributed by atoms with van der Waals surface area (Å²) in [6, 6.07) is 37.0. The summed E-state index contributed by atoms with van der Waals surface area (Å²) >= 11 is 0. The third-order valence-corrected chi connectivity index (χ3v) is 6.54. The molecule has 0 saturated heterocycles. The van der Waals surface area contributed by atoms with Crippen molar-refractivity contribution >= 4 is 38.2 Å². The normalized spacial score (nSPS) is 11.8. The van der Waals surface area contributed by atoms with Gasteiger partial charge in [-0.15, -0.1) is 0 Å². The molecule has 2 heterocycles. The van der Waals surface area contributed by atoms with Crippen molar-refractivity contribution in [2.75, 3.05) is 0 Å². The van der Waals surface area contributed by atoms with Crippen LogP contribution in [-0.2, 0) is 0 Å². The zero-order valence-corrected chi connectivity index (χ0v) is 17.7. The molecular weight excluding hydrogens is 404 g/mol. The fourth-order valence-electron chi connectivity index (χ4n) is 5.04. The average Bonchev–Trinajstić information content (AvgIpc) is 3.28. The van der Waals surface area contributed by atoms with Gasteiger partial charge in [0.1, 0.15) is 5.65 Å². The molecular formula is C30H18N2O. The summed E-state index contributed by atoms with van der Waals surface area (Å²) in [5.41, 5.74) is 6.73. The van der Waals surface area contributed by atoms with Crippen molar-refractivity contribution in [3.8, 4) is 22.3 Å². The molecule has 0 aliphatic heterocycles. The molecule has 0 atom stereocenters. The molecule has 33 heavy (non-hydrogen) atoms. The van der Waals surface area contributed by atoms with Crippen LogP contribution in [0.25, 0.3) is 60.5 Å². The maximum atomic E-state index is 13.9. The van der Waals surface area contributed by atoms with Gasteiger partial charge < -0.3 is 0 Å². The third-order valence-electron chi connectivity index (χ3n) is 6.54. The van der Waals surface area contributed by atoms with Crippen LogP contribution in [0, 0.1) is 0 Å². The molecule has 2 aromatic heterocycles. The minimum atomic E-state index is -0.0285.